The SMILES string of the molecule is CN(C(=O)c1cccc(F)c1C=O)C(C=O)CCC=O. The molecule has 5 nitrogen and oxygen atoms in total. The summed E-state index contributed by atoms with van der Waals surface area (Å²) >= 11 is 0. The van der Waals surface area contributed by atoms with E-state index < -0.39 is 17.8 Å². The lowest BCUT2D eigenvalue weighted by Gasteiger charge is -2.23. The number of rotatable bonds is 7. The molecule has 6 heteroatoms. The molecule has 0 aromatic heterocycles. The number of carbonyl (C=O) groups is 4. The molecular weight excluding hydrogens is 265 g/mol. The smallest absolute Gasteiger partial charge is 0.255 e. The van der Waals surface area contributed by atoms with Gasteiger partial charge in [0.2, 0.25) is 0 Å². The summed E-state index contributed by atoms with van der Waals surface area (Å²) in [6, 6.07) is 2.90. The van der Waals surface area contributed by atoms with E-state index in [2.05, 4.69) is 0 Å². The minimum atomic E-state index is -0.796. The summed E-state index contributed by atoms with van der Waals surface area (Å²) in [6.07, 6.45) is 1.76. The number of carbonyl (C=O) groups excluding carboxylic acids is 4. The van der Waals surface area contributed by atoms with Crippen LogP contribution in [-0.2, 0) is 9.59 Å². The highest BCUT2D eigenvalue weighted by molar-refractivity contribution is 6.02. The number of halogens is 1. The van der Waals surface area contributed by atoms with Crippen LogP contribution >= 0.6 is 0 Å². The third kappa shape index (κ3) is 3.34. The fraction of sp³-hybridized carbons (Fsp3) is 0.286. The summed E-state index contributed by atoms with van der Waals surface area (Å²) in [5.41, 5.74) is -0.454. The molecule has 0 aliphatic rings. The second-order valence-electron chi connectivity index (χ2n) is 4.18. The van der Waals surface area contributed by atoms with Gasteiger partial charge in [-0.1, -0.05) is 6.07 Å². The average molecular weight is 279 g/mol. The third-order valence-electron chi connectivity index (χ3n) is 2.96. The van der Waals surface area contributed by atoms with Crippen LogP contribution < -0.4 is 0 Å². The molecule has 0 aliphatic carbocycles. The van der Waals surface area contributed by atoms with E-state index in [4.69, 9.17) is 0 Å². The quantitative estimate of drug-likeness (QED) is 0.704. The lowest BCUT2D eigenvalue weighted by atomic mass is 10.0. The van der Waals surface area contributed by atoms with E-state index in [9.17, 15) is 23.6 Å². The molecule has 20 heavy (non-hydrogen) atoms. The zero-order valence-electron chi connectivity index (χ0n) is 10.9. The van der Waals surface area contributed by atoms with Crippen molar-refractivity contribution in [3.8, 4) is 0 Å². The van der Waals surface area contributed by atoms with Crippen LogP contribution in [0.1, 0.15) is 33.6 Å². The number of hydrogen-bond acceptors (Lipinski definition) is 4. The van der Waals surface area contributed by atoms with Gasteiger partial charge in [0.1, 0.15) is 18.4 Å². The second kappa shape index (κ2) is 7.28. The summed E-state index contributed by atoms with van der Waals surface area (Å²) in [5.74, 6) is -1.44. The summed E-state index contributed by atoms with van der Waals surface area (Å²) in [5, 5.41) is 0. The minimum Gasteiger partial charge on any atom is -0.332 e. The Bertz CT molecular complexity index is 530. The topological polar surface area (TPSA) is 71.5 Å². The summed E-state index contributed by atoms with van der Waals surface area (Å²) in [6.45, 7) is 0. The molecule has 1 aromatic rings. The van der Waals surface area contributed by atoms with Gasteiger partial charge in [0.25, 0.3) is 5.91 Å². The van der Waals surface area contributed by atoms with Crippen LogP contribution in [0.5, 0.6) is 0 Å². The van der Waals surface area contributed by atoms with Gasteiger partial charge >= 0.3 is 0 Å². The van der Waals surface area contributed by atoms with Crippen molar-refractivity contribution >= 4 is 24.8 Å². The van der Waals surface area contributed by atoms with E-state index in [0.717, 1.165) is 11.0 Å². The number of hydrogen-bond donors (Lipinski definition) is 0. The summed E-state index contributed by atoms with van der Waals surface area (Å²) < 4.78 is 13.4. The van der Waals surface area contributed by atoms with E-state index in [0.29, 0.717) is 12.6 Å². The predicted octanol–water partition coefficient (Wildman–Crippen LogP) is 1.26. The zero-order chi connectivity index (χ0) is 15.1. The maximum atomic E-state index is 13.4. The molecule has 0 aliphatic heterocycles. The van der Waals surface area contributed by atoms with Crippen molar-refractivity contribution in [1.29, 1.82) is 0 Å². The van der Waals surface area contributed by atoms with Gasteiger partial charge < -0.3 is 14.5 Å². The van der Waals surface area contributed by atoms with Crippen molar-refractivity contribution < 1.29 is 23.6 Å². The largest absolute Gasteiger partial charge is 0.332 e. The molecule has 0 N–H and O–H groups in total. The van der Waals surface area contributed by atoms with Crippen LogP contribution in [0.4, 0.5) is 4.39 Å². The first kappa shape index (κ1) is 15.7. The minimum absolute atomic E-state index is 0.111. The Morgan fingerprint density at radius 1 is 1.35 bits per heavy atom. The van der Waals surface area contributed by atoms with Gasteiger partial charge in [-0.2, -0.15) is 0 Å². The Hall–Kier alpha value is -2.37. The maximum absolute atomic E-state index is 13.4. The lowest BCUT2D eigenvalue weighted by Crippen LogP contribution is -2.38. The molecule has 0 heterocycles. The Kier molecular flexibility index (Phi) is 5.71. The van der Waals surface area contributed by atoms with Crippen molar-refractivity contribution in [2.75, 3.05) is 7.05 Å². The number of nitrogens with zero attached hydrogens (tertiary/aromatic N) is 1. The highest BCUT2D eigenvalue weighted by Crippen LogP contribution is 2.15. The fourth-order valence-electron chi connectivity index (χ4n) is 1.78. The summed E-state index contributed by atoms with van der Waals surface area (Å²) in [4.78, 5) is 45.4. The molecule has 0 fully saturated rings. The van der Waals surface area contributed by atoms with Gasteiger partial charge in [0.15, 0.2) is 6.29 Å². The summed E-state index contributed by atoms with van der Waals surface area (Å²) in [7, 11) is 1.37. The number of aldehydes is 3. The number of amides is 1. The highest BCUT2D eigenvalue weighted by Gasteiger charge is 2.23. The second-order valence-corrected chi connectivity index (χ2v) is 4.18. The van der Waals surface area contributed by atoms with E-state index in [1.807, 2.05) is 0 Å². The number of benzene rings is 1. The van der Waals surface area contributed by atoms with E-state index in [1.54, 1.807) is 0 Å². The molecule has 1 rings (SSSR count). The normalized spacial score (nSPS) is 11.5. The van der Waals surface area contributed by atoms with E-state index >= 15 is 0 Å². The predicted molar refractivity (Wildman–Crippen MR) is 69.0 cm³/mol. The highest BCUT2D eigenvalue weighted by atomic mass is 19.1. The van der Waals surface area contributed by atoms with Crippen molar-refractivity contribution in [1.82, 2.24) is 4.90 Å². The first-order chi connectivity index (χ1) is 9.56. The first-order valence-electron chi connectivity index (χ1n) is 5.96. The zero-order valence-corrected chi connectivity index (χ0v) is 10.9. The number of likely N-dealkylation sites (N-methyl/N-ethyl adjacent to an activating group) is 1. The molecule has 1 aromatic carbocycles. The van der Waals surface area contributed by atoms with Gasteiger partial charge in [-0.3, -0.25) is 9.59 Å². The Morgan fingerprint density at radius 2 is 2.05 bits per heavy atom. The van der Waals surface area contributed by atoms with Crippen LogP contribution in [0.25, 0.3) is 0 Å². The molecule has 0 bridgehead atoms. The first-order valence-corrected chi connectivity index (χ1v) is 5.96. The monoisotopic (exact) mass is 279 g/mol. The Morgan fingerprint density at radius 3 is 2.60 bits per heavy atom. The molecular formula is C14H14FNO4. The van der Waals surface area contributed by atoms with Gasteiger partial charge in [-0.05, 0) is 18.6 Å². The van der Waals surface area contributed by atoms with Crippen LogP contribution in [0.3, 0.4) is 0 Å². The molecule has 0 radical (unpaired) electrons. The third-order valence-corrected chi connectivity index (χ3v) is 2.96. The van der Waals surface area contributed by atoms with Crippen molar-refractivity contribution in [3.63, 3.8) is 0 Å². The lowest BCUT2D eigenvalue weighted by molar-refractivity contribution is -0.112. The Balaban J connectivity index is 3.04. The van der Waals surface area contributed by atoms with E-state index in [-0.39, 0.29) is 30.3 Å². The van der Waals surface area contributed by atoms with Crippen molar-refractivity contribution in [2.24, 2.45) is 0 Å². The molecule has 1 amide bonds. The molecule has 1 atom stereocenters. The molecule has 1 unspecified atom stereocenters. The molecule has 106 valence electrons. The molecule has 0 spiro atoms. The standard InChI is InChI=1S/C14H14FNO4/c1-16(10(8-18)4-3-7-17)14(20)11-5-2-6-13(15)12(11)9-19/h2,5-10H,3-4H2,1H3. The van der Waals surface area contributed by atoms with Gasteiger partial charge in [-0.25, -0.2) is 4.39 Å². The Labute approximate surface area is 115 Å². The van der Waals surface area contributed by atoms with Gasteiger partial charge in [0, 0.05) is 13.5 Å². The van der Waals surface area contributed by atoms with Gasteiger partial charge in [0.05, 0.1) is 17.2 Å². The average Bonchev–Trinajstić information content (AvgIpc) is 2.46. The van der Waals surface area contributed by atoms with Crippen LogP contribution in [0.2, 0.25) is 0 Å². The van der Waals surface area contributed by atoms with Crippen LogP contribution in [0, 0.1) is 5.82 Å². The molecule has 0 saturated carbocycles. The molecule has 0 saturated heterocycles. The van der Waals surface area contributed by atoms with Crippen molar-refractivity contribution in [2.45, 2.75) is 18.9 Å². The van der Waals surface area contributed by atoms with Crippen LogP contribution in [0.15, 0.2) is 18.2 Å². The van der Waals surface area contributed by atoms with Gasteiger partial charge in [-0.15, -0.1) is 0 Å². The van der Waals surface area contributed by atoms with Crippen molar-refractivity contribution in [3.05, 3.63) is 35.1 Å². The van der Waals surface area contributed by atoms with Crippen LogP contribution in [-0.4, -0.2) is 42.8 Å². The maximum Gasteiger partial charge on any atom is 0.255 e. The van der Waals surface area contributed by atoms with E-state index in [1.165, 1.54) is 19.2 Å². The fourth-order valence-corrected chi connectivity index (χ4v) is 1.78.